The molecule has 156 valence electrons. The number of ether oxygens (including phenoxy) is 1. The number of hydrogen-bond acceptors (Lipinski definition) is 2. The van der Waals surface area contributed by atoms with Crippen molar-refractivity contribution in [2.24, 2.45) is 0 Å². The van der Waals surface area contributed by atoms with Crippen molar-refractivity contribution < 1.29 is 4.74 Å². The monoisotopic (exact) mass is 407 g/mol. The second-order valence-corrected chi connectivity index (χ2v) is 7.93. The van der Waals surface area contributed by atoms with Crippen LogP contribution in [0, 0.1) is 0 Å². The molecule has 0 spiro atoms. The number of nitrogens with zero attached hydrogens (tertiary/aromatic N) is 1. The van der Waals surface area contributed by atoms with Crippen LogP contribution in [0.5, 0.6) is 5.75 Å². The van der Waals surface area contributed by atoms with Crippen LogP contribution in [0.3, 0.4) is 0 Å². The summed E-state index contributed by atoms with van der Waals surface area (Å²) < 4.78 is 5.99. The Balaban J connectivity index is 1.54. The fraction of sp³-hybridized carbons (Fsp3) is 0.207. The van der Waals surface area contributed by atoms with Gasteiger partial charge in [0.25, 0.3) is 0 Å². The maximum Gasteiger partial charge on any atom is 0.119 e. The largest absolute Gasteiger partial charge is 0.489 e. The second kappa shape index (κ2) is 10.6. The number of hydrogen-bond donors (Lipinski definition) is 0. The molecule has 0 aliphatic carbocycles. The molecular weight excluding hydrogens is 378 g/mol. The average Bonchev–Trinajstić information content (AvgIpc) is 2.85. The fourth-order valence-corrected chi connectivity index (χ4v) is 4.28. The standard InChI is InChI=1S/C29H29NO/c1-2-28(25-13-15-27(16-14-25)31-22-24-11-7-4-8-12-24)29(26-17-19-30-20-18-26)21-23-9-5-3-6-10-23/h3-20,28-29H,2,21-22H2,1H3/t28-,29+/m1/s1. The Labute approximate surface area is 185 Å². The summed E-state index contributed by atoms with van der Waals surface area (Å²) in [6.45, 7) is 2.87. The molecule has 4 aromatic rings. The molecular formula is C29H29NO. The first-order chi connectivity index (χ1) is 15.3. The Morgan fingerprint density at radius 1 is 0.645 bits per heavy atom. The lowest BCUT2D eigenvalue weighted by molar-refractivity contribution is 0.306. The van der Waals surface area contributed by atoms with E-state index in [1.54, 1.807) is 0 Å². The minimum atomic E-state index is 0.395. The Kier molecular flexibility index (Phi) is 7.12. The van der Waals surface area contributed by atoms with Crippen LogP contribution in [0.2, 0.25) is 0 Å². The molecule has 0 N–H and O–H groups in total. The summed E-state index contributed by atoms with van der Waals surface area (Å²) in [7, 11) is 0. The van der Waals surface area contributed by atoms with E-state index in [0.29, 0.717) is 18.4 Å². The maximum absolute atomic E-state index is 5.99. The molecule has 0 saturated heterocycles. The van der Waals surface area contributed by atoms with Crippen molar-refractivity contribution in [2.45, 2.75) is 38.2 Å². The van der Waals surface area contributed by atoms with Gasteiger partial charge < -0.3 is 4.74 Å². The summed E-state index contributed by atoms with van der Waals surface area (Å²) in [6, 6.07) is 34.0. The molecule has 1 aromatic heterocycles. The van der Waals surface area contributed by atoms with Crippen molar-refractivity contribution in [1.82, 2.24) is 4.98 Å². The van der Waals surface area contributed by atoms with Gasteiger partial charge in [0.15, 0.2) is 0 Å². The van der Waals surface area contributed by atoms with Gasteiger partial charge in [0.2, 0.25) is 0 Å². The van der Waals surface area contributed by atoms with Crippen LogP contribution in [0.25, 0.3) is 0 Å². The molecule has 31 heavy (non-hydrogen) atoms. The lowest BCUT2D eigenvalue weighted by Crippen LogP contribution is -2.14. The van der Waals surface area contributed by atoms with Gasteiger partial charge in [-0.05, 0) is 71.2 Å². The van der Waals surface area contributed by atoms with Crippen LogP contribution < -0.4 is 4.74 Å². The van der Waals surface area contributed by atoms with E-state index in [4.69, 9.17) is 4.74 Å². The molecule has 0 bridgehead atoms. The third-order valence-electron chi connectivity index (χ3n) is 5.91. The molecule has 2 heteroatoms. The minimum absolute atomic E-state index is 0.395. The number of pyridine rings is 1. The SMILES string of the molecule is CC[C@H](c1ccc(OCc2ccccc2)cc1)[C@@H](Cc1ccccc1)c1ccncc1. The Bertz CT molecular complexity index is 1030. The Morgan fingerprint density at radius 3 is 1.84 bits per heavy atom. The molecule has 0 saturated carbocycles. The van der Waals surface area contributed by atoms with Crippen molar-refractivity contribution in [3.8, 4) is 5.75 Å². The number of rotatable bonds is 9. The van der Waals surface area contributed by atoms with Gasteiger partial charge in [-0.25, -0.2) is 0 Å². The van der Waals surface area contributed by atoms with Gasteiger partial charge in [0.05, 0.1) is 0 Å². The van der Waals surface area contributed by atoms with E-state index in [9.17, 15) is 0 Å². The average molecular weight is 408 g/mol. The highest BCUT2D eigenvalue weighted by Crippen LogP contribution is 2.38. The summed E-state index contributed by atoms with van der Waals surface area (Å²) in [6.07, 6.45) is 5.89. The predicted molar refractivity (Wildman–Crippen MR) is 127 cm³/mol. The topological polar surface area (TPSA) is 22.1 Å². The zero-order chi connectivity index (χ0) is 21.3. The molecule has 2 atom stereocenters. The summed E-state index contributed by atoms with van der Waals surface area (Å²) in [4.78, 5) is 4.23. The molecule has 2 nitrogen and oxygen atoms in total. The first-order valence-electron chi connectivity index (χ1n) is 11.0. The molecule has 4 rings (SSSR count). The van der Waals surface area contributed by atoms with Crippen LogP contribution in [0.4, 0.5) is 0 Å². The smallest absolute Gasteiger partial charge is 0.119 e. The first kappa shape index (κ1) is 20.9. The van der Waals surface area contributed by atoms with Gasteiger partial charge in [-0.2, -0.15) is 0 Å². The molecule has 3 aromatic carbocycles. The van der Waals surface area contributed by atoms with E-state index in [-0.39, 0.29) is 0 Å². The molecule has 0 aliphatic rings. The van der Waals surface area contributed by atoms with Gasteiger partial charge >= 0.3 is 0 Å². The summed E-state index contributed by atoms with van der Waals surface area (Å²) in [5.74, 6) is 1.73. The minimum Gasteiger partial charge on any atom is -0.489 e. The van der Waals surface area contributed by atoms with Crippen molar-refractivity contribution in [3.63, 3.8) is 0 Å². The highest BCUT2D eigenvalue weighted by atomic mass is 16.5. The zero-order valence-corrected chi connectivity index (χ0v) is 18.0. The van der Waals surface area contributed by atoms with E-state index in [2.05, 4.69) is 90.8 Å². The Morgan fingerprint density at radius 2 is 1.23 bits per heavy atom. The van der Waals surface area contributed by atoms with Crippen LogP contribution in [-0.4, -0.2) is 4.98 Å². The predicted octanol–water partition coefficient (Wildman–Crippen LogP) is 7.18. The lowest BCUT2D eigenvalue weighted by atomic mass is 9.77. The van der Waals surface area contributed by atoms with E-state index in [1.807, 2.05) is 30.6 Å². The normalized spacial score (nSPS) is 12.8. The van der Waals surface area contributed by atoms with Crippen molar-refractivity contribution in [3.05, 3.63) is 132 Å². The highest BCUT2D eigenvalue weighted by Gasteiger charge is 2.24. The molecule has 0 aliphatic heterocycles. The summed E-state index contributed by atoms with van der Waals surface area (Å²) in [5, 5.41) is 0. The zero-order valence-electron chi connectivity index (χ0n) is 18.0. The van der Waals surface area contributed by atoms with Gasteiger partial charge in [0, 0.05) is 12.4 Å². The number of benzene rings is 3. The molecule has 1 heterocycles. The fourth-order valence-electron chi connectivity index (χ4n) is 4.28. The van der Waals surface area contributed by atoms with Crippen molar-refractivity contribution in [2.75, 3.05) is 0 Å². The van der Waals surface area contributed by atoms with Crippen LogP contribution >= 0.6 is 0 Å². The highest BCUT2D eigenvalue weighted by molar-refractivity contribution is 5.34. The van der Waals surface area contributed by atoms with Gasteiger partial charge in [-0.15, -0.1) is 0 Å². The molecule has 0 fully saturated rings. The summed E-state index contributed by atoms with van der Waals surface area (Å²) >= 11 is 0. The van der Waals surface area contributed by atoms with Gasteiger partial charge in [-0.1, -0.05) is 79.7 Å². The molecule has 0 radical (unpaired) electrons. The van der Waals surface area contributed by atoms with E-state index in [1.165, 1.54) is 22.3 Å². The van der Waals surface area contributed by atoms with Gasteiger partial charge in [-0.3, -0.25) is 4.98 Å². The van der Waals surface area contributed by atoms with E-state index in [0.717, 1.165) is 18.6 Å². The van der Waals surface area contributed by atoms with E-state index < -0.39 is 0 Å². The van der Waals surface area contributed by atoms with Crippen molar-refractivity contribution in [1.29, 1.82) is 0 Å². The third kappa shape index (κ3) is 5.61. The summed E-state index contributed by atoms with van der Waals surface area (Å²) in [5.41, 5.74) is 5.24. The first-order valence-corrected chi connectivity index (χ1v) is 11.0. The van der Waals surface area contributed by atoms with Crippen LogP contribution in [0.1, 0.15) is 47.4 Å². The van der Waals surface area contributed by atoms with Crippen LogP contribution in [0.15, 0.2) is 109 Å². The quantitative estimate of drug-likeness (QED) is 0.293. The van der Waals surface area contributed by atoms with E-state index >= 15 is 0 Å². The number of aromatic nitrogens is 1. The second-order valence-electron chi connectivity index (χ2n) is 7.93. The molecule has 0 amide bonds. The maximum atomic E-state index is 5.99. The third-order valence-corrected chi connectivity index (χ3v) is 5.91. The van der Waals surface area contributed by atoms with Crippen LogP contribution in [-0.2, 0) is 13.0 Å². The lowest BCUT2D eigenvalue weighted by Gasteiger charge is -2.28. The van der Waals surface area contributed by atoms with Gasteiger partial charge in [0.1, 0.15) is 12.4 Å². The van der Waals surface area contributed by atoms with Crippen molar-refractivity contribution >= 4 is 0 Å². The molecule has 0 unspecified atom stereocenters. The Hall–Kier alpha value is -3.39.